The van der Waals surface area contributed by atoms with Crippen molar-refractivity contribution in [1.82, 2.24) is 0 Å². The molecule has 0 aliphatic heterocycles. The van der Waals surface area contributed by atoms with Crippen LogP contribution in [0.4, 0.5) is 0 Å². The van der Waals surface area contributed by atoms with E-state index in [1.165, 1.54) is 0 Å². The molecule has 0 aliphatic carbocycles. The van der Waals surface area contributed by atoms with Gasteiger partial charge in [-0.1, -0.05) is 9.05 Å². The molecule has 0 saturated carbocycles. The molecule has 2 atom stereocenters. The SMILES string of the molecule is C#CC(O)([SiH3])O[P+](=O)OC(O)([SiH3])C#C. The highest BCUT2D eigenvalue weighted by atomic mass is 31.1. The molecule has 0 fully saturated rings. The maximum absolute atomic E-state index is 11.0. The Balaban J connectivity index is 4.30. The summed E-state index contributed by atoms with van der Waals surface area (Å²) in [6.45, 7) is 0. The van der Waals surface area contributed by atoms with E-state index in [4.69, 9.17) is 12.8 Å². The second-order valence-corrected chi connectivity index (χ2v) is 6.18. The molecule has 0 amide bonds. The van der Waals surface area contributed by atoms with Crippen molar-refractivity contribution in [2.45, 2.75) is 10.8 Å². The smallest absolute Gasteiger partial charge is 0.357 e. The third kappa shape index (κ3) is 5.27. The molecule has 2 N–H and O–H groups in total. The highest BCUT2D eigenvalue weighted by Gasteiger charge is 2.40. The van der Waals surface area contributed by atoms with Crippen LogP contribution in [0.15, 0.2) is 0 Å². The monoisotopic (exact) mass is 249 g/mol. The van der Waals surface area contributed by atoms with Gasteiger partial charge in [0.2, 0.25) is 0 Å². The summed E-state index contributed by atoms with van der Waals surface area (Å²) in [5, 5.41) is 18.4. The first kappa shape index (κ1) is 13.5. The minimum absolute atomic E-state index is 0.0511. The Morgan fingerprint density at radius 3 is 1.64 bits per heavy atom. The van der Waals surface area contributed by atoms with E-state index in [-0.39, 0.29) is 20.5 Å². The van der Waals surface area contributed by atoms with E-state index in [9.17, 15) is 14.8 Å². The van der Waals surface area contributed by atoms with E-state index >= 15 is 0 Å². The molecule has 8 heteroatoms. The van der Waals surface area contributed by atoms with Crippen LogP contribution in [0.1, 0.15) is 0 Å². The van der Waals surface area contributed by atoms with Crippen molar-refractivity contribution >= 4 is 28.7 Å². The molecular formula is C6H10O5PSi2+. The summed E-state index contributed by atoms with van der Waals surface area (Å²) in [7, 11) is -2.63. The Bertz CT molecular complexity index is 283. The molecule has 0 aromatic heterocycles. The molecule has 2 unspecified atom stereocenters. The van der Waals surface area contributed by atoms with Crippen LogP contribution in [-0.4, -0.2) is 41.5 Å². The Hall–Kier alpha value is -0.506. The van der Waals surface area contributed by atoms with Crippen LogP contribution in [0.5, 0.6) is 0 Å². The number of terminal acetylenes is 2. The lowest BCUT2D eigenvalue weighted by Gasteiger charge is -2.10. The van der Waals surface area contributed by atoms with Crippen LogP contribution in [0.2, 0.25) is 0 Å². The van der Waals surface area contributed by atoms with Gasteiger partial charge in [-0.2, -0.15) is 0 Å². The van der Waals surface area contributed by atoms with Crippen molar-refractivity contribution in [3.63, 3.8) is 0 Å². The van der Waals surface area contributed by atoms with E-state index in [0.29, 0.717) is 0 Å². The van der Waals surface area contributed by atoms with Crippen molar-refractivity contribution in [2.24, 2.45) is 0 Å². The fourth-order valence-corrected chi connectivity index (χ4v) is 1.98. The molecule has 0 spiro atoms. The van der Waals surface area contributed by atoms with Crippen LogP contribution >= 0.6 is 8.25 Å². The number of aliphatic hydroxyl groups is 2. The van der Waals surface area contributed by atoms with Crippen molar-refractivity contribution in [3.8, 4) is 24.7 Å². The van der Waals surface area contributed by atoms with E-state index in [2.05, 4.69) is 9.05 Å². The normalized spacial score (nSPS) is 20.1. The predicted octanol–water partition coefficient (Wildman–Crippen LogP) is -3.03. The third-order valence-corrected chi connectivity index (χ3v) is 3.72. The summed E-state index contributed by atoms with van der Waals surface area (Å²) in [6.07, 6.45) is 9.76. The summed E-state index contributed by atoms with van der Waals surface area (Å²) >= 11 is 0. The highest BCUT2D eigenvalue weighted by Crippen LogP contribution is 2.32. The second kappa shape index (κ2) is 4.83. The molecule has 0 rings (SSSR count). The standard InChI is InChI=1S/C6H10O5PSi2/c1-3-5(7,13)10-12(9)11-6(8,14)4-2/h1-2,7-8H,13-14H3/q+1. The van der Waals surface area contributed by atoms with Gasteiger partial charge in [0.25, 0.3) is 10.8 Å². The Morgan fingerprint density at radius 1 is 1.14 bits per heavy atom. The van der Waals surface area contributed by atoms with Gasteiger partial charge in [-0.3, -0.25) is 0 Å². The molecule has 0 heterocycles. The zero-order valence-corrected chi connectivity index (χ0v) is 12.6. The molecule has 0 aromatic carbocycles. The summed E-state index contributed by atoms with van der Waals surface area (Å²) in [6, 6.07) is 0. The van der Waals surface area contributed by atoms with Gasteiger partial charge in [0, 0.05) is 4.57 Å². The first-order valence-corrected chi connectivity index (χ1v) is 6.58. The molecule has 0 aromatic rings. The summed E-state index contributed by atoms with van der Waals surface area (Å²) in [4.78, 5) is 0. The van der Waals surface area contributed by atoms with Gasteiger partial charge < -0.3 is 10.2 Å². The fourth-order valence-electron chi connectivity index (χ4n) is 0.362. The van der Waals surface area contributed by atoms with Gasteiger partial charge in [0.05, 0.1) is 0 Å². The molecule has 0 radical (unpaired) electrons. The fraction of sp³-hybridized carbons (Fsp3) is 0.333. The maximum Gasteiger partial charge on any atom is 0.704 e. The third-order valence-electron chi connectivity index (χ3n) is 1.04. The number of hydrogen-bond acceptors (Lipinski definition) is 5. The number of hydrogen-bond donors (Lipinski definition) is 2. The zero-order valence-electron chi connectivity index (χ0n) is 7.72. The molecule has 0 saturated heterocycles. The zero-order chi connectivity index (χ0) is 11.4. The minimum atomic E-state index is -2.73. The molecule has 76 valence electrons. The Kier molecular flexibility index (Phi) is 4.65. The van der Waals surface area contributed by atoms with Crippen LogP contribution in [0.25, 0.3) is 0 Å². The van der Waals surface area contributed by atoms with Gasteiger partial charge in [-0.15, -0.1) is 12.8 Å². The minimum Gasteiger partial charge on any atom is -0.357 e. The van der Waals surface area contributed by atoms with Crippen molar-refractivity contribution < 1.29 is 23.8 Å². The topological polar surface area (TPSA) is 76.0 Å². The van der Waals surface area contributed by atoms with Crippen LogP contribution in [0.3, 0.4) is 0 Å². The largest absolute Gasteiger partial charge is 0.704 e. The Morgan fingerprint density at radius 2 is 1.43 bits per heavy atom. The molecular weight excluding hydrogens is 239 g/mol. The van der Waals surface area contributed by atoms with Crippen molar-refractivity contribution in [1.29, 1.82) is 0 Å². The van der Waals surface area contributed by atoms with Gasteiger partial charge >= 0.3 is 8.25 Å². The quantitative estimate of drug-likeness (QED) is 0.240. The average Bonchev–Trinajstić information content (AvgIpc) is 2.02. The van der Waals surface area contributed by atoms with Crippen LogP contribution in [-0.2, 0) is 13.6 Å². The van der Waals surface area contributed by atoms with Crippen LogP contribution < -0.4 is 0 Å². The Labute approximate surface area is 88.6 Å². The lowest BCUT2D eigenvalue weighted by Crippen LogP contribution is -2.31. The van der Waals surface area contributed by atoms with Gasteiger partial charge in [0.15, 0.2) is 0 Å². The molecule has 0 bridgehead atoms. The van der Waals surface area contributed by atoms with Crippen LogP contribution in [0, 0.1) is 24.7 Å². The van der Waals surface area contributed by atoms with E-state index in [1.807, 2.05) is 11.8 Å². The lowest BCUT2D eigenvalue weighted by atomic mass is 10.7. The van der Waals surface area contributed by atoms with E-state index in [1.54, 1.807) is 0 Å². The molecule has 5 nitrogen and oxygen atoms in total. The van der Waals surface area contributed by atoms with Gasteiger partial charge in [-0.25, -0.2) is 0 Å². The van der Waals surface area contributed by atoms with E-state index < -0.39 is 19.1 Å². The molecule has 14 heavy (non-hydrogen) atoms. The van der Waals surface area contributed by atoms with Crippen molar-refractivity contribution in [3.05, 3.63) is 0 Å². The first-order chi connectivity index (χ1) is 6.22. The van der Waals surface area contributed by atoms with E-state index in [0.717, 1.165) is 0 Å². The first-order valence-electron chi connectivity index (χ1n) is 3.48. The summed E-state index contributed by atoms with van der Waals surface area (Å²) < 4.78 is 19.9. The summed E-state index contributed by atoms with van der Waals surface area (Å²) in [5.74, 6) is 3.77. The van der Waals surface area contributed by atoms with Crippen molar-refractivity contribution in [2.75, 3.05) is 0 Å². The van der Waals surface area contributed by atoms with Gasteiger partial charge in [0.1, 0.15) is 20.5 Å². The van der Waals surface area contributed by atoms with Gasteiger partial charge in [-0.05, 0) is 11.8 Å². The number of rotatable bonds is 4. The predicted molar refractivity (Wildman–Crippen MR) is 57.2 cm³/mol. The second-order valence-electron chi connectivity index (χ2n) is 2.66. The molecule has 0 aliphatic rings. The lowest BCUT2D eigenvalue weighted by molar-refractivity contribution is -0.0526. The summed E-state index contributed by atoms with van der Waals surface area (Å²) in [5.41, 5.74) is -3.75. The average molecular weight is 249 g/mol. The maximum atomic E-state index is 11.0. The highest BCUT2D eigenvalue weighted by molar-refractivity contribution is 7.33.